The molecule has 0 radical (unpaired) electrons. The van der Waals surface area contributed by atoms with Crippen LogP contribution in [0, 0.1) is 0 Å². The zero-order chi connectivity index (χ0) is 44.5. The van der Waals surface area contributed by atoms with E-state index in [1.807, 2.05) is 0 Å². The molecule has 54 heavy (non-hydrogen) atoms. The number of alkyl halides is 33. The number of rotatable bonds is 15. The van der Waals surface area contributed by atoms with Crippen LogP contribution in [0.4, 0.5) is 145 Å². The van der Waals surface area contributed by atoms with E-state index in [-0.39, 0.29) is 12.4 Å². The Bertz CT molecular complexity index is 1250. The number of halogens is 34. The number of quaternary nitrogens is 1. The first-order valence-corrected chi connectivity index (χ1v) is 11.6. The van der Waals surface area contributed by atoms with Gasteiger partial charge in [0.05, 0.1) is 21.1 Å². The number of hydrogen-bond acceptors (Lipinski definition) is 0. The normalized spacial score (nSPS) is 17.1. The summed E-state index contributed by atoms with van der Waals surface area (Å²) in [4.78, 5) is 0. The second kappa shape index (κ2) is 12.7. The minimum absolute atomic E-state index is 0. The second-order valence-corrected chi connectivity index (χ2v) is 11.1. The van der Waals surface area contributed by atoms with Gasteiger partial charge in [-0.2, -0.15) is 136 Å². The van der Waals surface area contributed by atoms with Gasteiger partial charge in [-0.15, -0.1) is 8.78 Å². The molecule has 0 aromatic carbocycles. The van der Waals surface area contributed by atoms with Crippen LogP contribution in [-0.4, -0.2) is 121 Å². The summed E-state index contributed by atoms with van der Waals surface area (Å²) < 4.78 is 443. The van der Waals surface area contributed by atoms with Gasteiger partial charge in [-0.05, 0) is 0 Å². The Morgan fingerprint density at radius 1 is 0.204 bits per heavy atom. The smallest absolute Gasteiger partial charge is 0.461 e. The fraction of sp³-hybridized carbons (Fsp3) is 1.00. The average molecular weight is 914 g/mol. The molecule has 0 N–H and O–H groups in total. The fourth-order valence-corrected chi connectivity index (χ4v) is 3.15. The minimum atomic E-state index is -10.2. The quantitative estimate of drug-likeness (QED) is 0.0897. The first-order valence-electron chi connectivity index (χ1n) is 11.6. The van der Waals surface area contributed by atoms with Crippen LogP contribution in [0.25, 0.3) is 0 Å². The van der Waals surface area contributed by atoms with Crippen molar-refractivity contribution in [3.05, 3.63) is 0 Å². The van der Waals surface area contributed by atoms with E-state index in [1.54, 1.807) is 0 Å². The van der Waals surface area contributed by atoms with Crippen LogP contribution in [0.15, 0.2) is 0 Å². The zero-order valence-electron chi connectivity index (χ0n) is 24.3. The summed E-state index contributed by atoms with van der Waals surface area (Å²) in [5, 5.41) is 0. The second-order valence-electron chi connectivity index (χ2n) is 11.1. The van der Waals surface area contributed by atoms with E-state index >= 15 is 0 Å². The molecule has 0 unspecified atom stereocenters. The molecule has 0 aliphatic heterocycles. The van der Waals surface area contributed by atoms with Crippen LogP contribution in [0.5, 0.6) is 0 Å². The molecule has 0 aliphatic carbocycles. The Balaban J connectivity index is 0. The van der Waals surface area contributed by atoms with Gasteiger partial charge in [-0.1, -0.05) is 0 Å². The third-order valence-electron chi connectivity index (χ3n) is 6.70. The molecule has 0 rings (SSSR count). The topological polar surface area (TPSA) is 0 Å². The van der Waals surface area contributed by atoms with Gasteiger partial charge in [0.15, 0.2) is 0 Å². The Morgan fingerprint density at radius 2 is 0.315 bits per heavy atom. The first kappa shape index (κ1) is 54.0. The molecule has 0 fully saturated rings. The van der Waals surface area contributed by atoms with Crippen molar-refractivity contribution in [3.63, 3.8) is 0 Å². The van der Waals surface area contributed by atoms with Gasteiger partial charge in [0.2, 0.25) is 0 Å². The Kier molecular flexibility index (Phi) is 12.7. The van der Waals surface area contributed by atoms with Crippen molar-refractivity contribution in [1.82, 2.24) is 0 Å². The molecule has 0 aromatic rings. The van der Waals surface area contributed by atoms with Gasteiger partial charge < -0.3 is 12.4 Å². The molecule has 0 atom stereocenters. The minimum Gasteiger partial charge on any atom is -1.00 e. The van der Waals surface area contributed by atoms with Gasteiger partial charge >= 0.3 is 95.1 Å². The maximum absolute atomic E-state index is 13.9. The number of nitrogens with zero attached hydrogens (tertiary/aromatic N) is 1. The lowest BCUT2D eigenvalue weighted by atomic mass is 9.83. The molecule has 0 heterocycles. The van der Waals surface area contributed by atoms with Gasteiger partial charge in [0.25, 0.3) is 0 Å². The van der Waals surface area contributed by atoms with Crippen molar-refractivity contribution < 1.29 is 162 Å². The third kappa shape index (κ3) is 5.94. The lowest BCUT2D eigenvalue weighted by Gasteiger charge is -2.47. The van der Waals surface area contributed by atoms with Crippen molar-refractivity contribution in [2.24, 2.45) is 0 Å². The predicted octanol–water partition coefficient (Wildman–Crippen LogP) is 7.75. The molecule has 0 saturated carbocycles. The van der Waals surface area contributed by atoms with Crippen LogP contribution < -0.4 is 12.4 Å². The fourth-order valence-electron chi connectivity index (χ4n) is 3.15. The SMILES string of the molecule is C[N+](C)(C)C(F)(F)C(F)(F)C(F)(F)C(F)(F)C(F)(F)C(F)(F)C(F)(F)C(F)(F)C(F)(F)C(F)(F)C(F)(F)C(F)(F)C(F)(F)C(F)(F)C(F)(F)C(F)(F)F.[Cl-]. The van der Waals surface area contributed by atoms with Crippen LogP contribution in [0.2, 0.25) is 0 Å². The highest BCUT2D eigenvalue weighted by Crippen LogP contribution is 2.70. The largest absolute Gasteiger partial charge is 1.00 e. The summed E-state index contributed by atoms with van der Waals surface area (Å²) in [5.74, 6) is -135. The van der Waals surface area contributed by atoms with Crippen molar-refractivity contribution in [2.45, 2.75) is 95.1 Å². The van der Waals surface area contributed by atoms with Crippen molar-refractivity contribution in [2.75, 3.05) is 21.1 Å². The van der Waals surface area contributed by atoms with E-state index in [9.17, 15) is 145 Å². The summed E-state index contributed by atoms with van der Waals surface area (Å²) in [6.07, 6.45) is -8.38. The summed E-state index contributed by atoms with van der Waals surface area (Å²) in [6.45, 7) is 0. The number of hydrogen-bond donors (Lipinski definition) is 0. The molecule has 35 heteroatoms. The average Bonchev–Trinajstić information content (AvgIpc) is 2.89. The monoisotopic (exact) mass is 913 g/mol. The predicted molar refractivity (Wildman–Crippen MR) is 98.3 cm³/mol. The molecule has 0 aliphatic rings. The van der Waals surface area contributed by atoms with E-state index in [2.05, 4.69) is 0 Å². The molecular formula is C19H9ClF33N. The van der Waals surface area contributed by atoms with Gasteiger partial charge in [-0.3, -0.25) is 4.48 Å². The van der Waals surface area contributed by atoms with Crippen molar-refractivity contribution in [1.29, 1.82) is 0 Å². The summed E-state index contributed by atoms with van der Waals surface area (Å²) in [6, 6.07) is -7.02. The van der Waals surface area contributed by atoms with E-state index in [0.717, 1.165) is 0 Å². The molecule has 0 spiro atoms. The molecular weight excluding hydrogens is 905 g/mol. The molecule has 1 nitrogen and oxygen atoms in total. The summed E-state index contributed by atoms with van der Waals surface area (Å²) >= 11 is 0. The van der Waals surface area contributed by atoms with Crippen molar-refractivity contribution in [3.8, 4) is 0 Å². The Labute approximate surface area is 279 Å². The van der Waals surface area contributed by atoms with Crippen LogP contribution in [-0.2, 0) is 0 Å². The molecule has 0 amide bonds. The first-order chi connectivity index (χ1) is 22.0. The third-order valence-corrected chi connectivity index (χ3v) is 6.70. The van der Waals surface area contributed by atoms with Gasteiger partial charge in [-0.25, -0.2) is 0 Å². The standard InChI is InChI=1S/C19H9F33N.ClH/c1-53(2,3)19(51,52)17(46,47)15(42,43)13(38,39)11(34,35)9(30,31)7(26,27)5(22,23)4(20,21)6(24,25)8(28,29)10(32,33)12(36,37)14(40,41)16(44,45)18(48,49)50;/h1-3H3;1H/q+1;/p-1. The van der Waals surface area contributed by atoms with E-state index in [1.165, 1.54) is 0 Å². The lowest BCUT2D eigenvalue weighted by molar-refractivity contribution is -0.975. The van der Waals surface area contributed by atoms with Crippen LogP contribution in [0.1, 0.15) is 0 Å². The maximum Gasteiger partial charge on any atom is 0.461 e. The molecule has 0 aromatic heterocycles. The highest BCUT2D eigenvalue weighted by Gasteiger charge is 3.02. The maximum atomic E-state index is 13.9. The highest BCUT2D eigenvalue weighted by molar-refractivity contribution is 5.22. The van der Waals surface area contributed by atoms with Gasteiger partial charge in [0, 0.05) is 0 Å². The van der Waals surface area contributed by atoms with E-state index in [0.29, 0.717) is 0 Å². The van der Waals surface area contributed by atoms with E-state index in [4.69, 9.17) is 0 Å². The van der Waals surface area contributed by atoms with Crippen LogP contribution >= 0.6 is 0 Å². The highest BCUT2D eigenvalue weighted by atomic mass is 35.5. The summed E-state index contributed by atoms with van der Waals surface area (Å²) in [5.41, 5.74) is 0. The molecule has 0 saturated heterocycles. The molecule has 328 valence electrons. The lowest BCUT2D eigenvalue weighted by Crippen LogP contribution is -3.00. The molecule has 0 bridgehead atoms. The Hall–Kier alpha value is -2.06. The van der Waals surface area contributed by atoms with E-state index < -0.39 is 121 Å². The van der Waals surface area contributed by atoms with Crippen LogP contribution in [0.3, 0.4) is 0 Å². The zero-order valence-corrected chi connectivity index (χ0v) is 25.1. The summed E-state index contributed by atoms with van der Waals surface area (Å²) in [7, 11) is -1.28. The van der Waals surface area contributed by atoms with Gasteiger partial charge in [0.1, 0.15) is 0 Å². The van der Waals surface area contributed by atoms with Crippen molar-refractivity contribution >= 4 is 0 Å². The Morgan fingerprint density at radius 3 is 0.426 bits per heavy atom.